The van der Waals surface area contributed by atoms with Gasteiger partial charge in [0.2, 0.25) is 5.62 Å². The molecule has 4 heteroatoms. The fourth-order valence-electron chi connectivity index (χ4n) is 3.09. The minimum absolute atomic E-state index is 0.390. The van der Waals surface area contributed by atoms with Crippen LogP contribution in [0.4, 0.5) is 0 Å². The number of imidazole rings is 1. The van der Waals surface area contributed by atoms with Crippen molar-refractivity contribution in [2.45, 2.75) is 45.9 Å². The van der Waals surface area contributed by atoms with Crippen LogP contribution < -0.4 is 5.62 Å². The second kappa shape index (κ2) is 7.05. The minimum atomic E-state index is -0.620. The zero-order chi connectivity index (χ0) is 17.1. The third-order valence-electron chi connectivity index (χ3n) is 4.53. The molecule has 1 heterocycles. The van der Waals surface area contributed by atoms with Crippen LogP contribution in [-0.4, -0.2) is 14.2 Å². The summed E-state index contributed by atoms with van der Waals surface area (Å²) in [6, 6.07) is 16.0. The summed E-state index contributed by atoms with van der Waals surface area (Å²) in [4.78, 5) is 0. The number of fused-ring (bicyclic) bond motifs is 1. The van der Waals surface area contributed by atoms with E-state index in [0.717, 1.165) is 36.0 Å². The van der Waals surface area contributed by atoms with Crippen LogP contribution in [0, 0.1) is 12.3 Å². The minimum Gasteiger partial charge on any atom is -0.387 e. The molecular formula is C20H25N3O. The number of aromatic nitrogens is 2. The Labute approximate surface area is 142 Å². The quantitative estimate of drug-likeness (QED) is 0.713. The molecule has 126 valence electrons. The van der Waals surface area contributed by atoms with Gasteiger partial charge in [0.05, 0.1) is 23.7 Å². The molecule has 24 heavy (non-hydrogen) atoms. The van der Waals surface area contributed by atoms with E-state index in [2.05, 4.69) is 13.0 Å². The third kappa shape index (κ3) is 3.15. The van der Waals surface area contributed by atoms with Gasteiger partial charge in [0.15, 0.2) is 0 Å². The molecular weight excluding hydrogens is 298 g/mol. The van der Waals surface area contributed by atoms with Crippen LogP contribution in [0.15, 0.2) is 48.5 Å². The van der Waals surface area contributed by atoms with Crippen molar-refractivity contribution >= 4 is 11.0 Å². The Bertz CT molecular complexity index is 874. The van der Waals surface area contributed by atoms with E-state index >= 15 is 0 Å². The highest BCUT2D eigenvalue weighted by Gasteiger charge is 2.14. The van der Waals surface area contributed by atoms with Crippen molar-refractivity contribution in [1.82, 2.24) is 9.13 Å². The molecule has 3 rings (SSSR count). The van der Waals surface area contributed by atoms with E-state index in [1.54, 1.807) is 0 Å². The number of aliphatic hydroxyl groups excluding tert-OH is 1. The number of para-hydroxylation sites is 2. The summed E-state index contributed by atoms with van der Waals surface area (Å²) in [5, 5.41) is 19.2. The Hall–Kier alpha value is -2.33. The second-order valence-corrected chi connectivity index (χ2v) is 6.35. The van der Waals surface area contributed by atoms with Gasteiger partial charge in [0.25, 0.3) is 0 Å². The maximum absolute atomic E-state index is 10.6. The van der Waals surface area contributed by atoms with Gasteiger partial charge in [-0.15, -0.1) is 0 Å². The van der Waals surface area contributed by atoms with E-state index in [1.165, 1.54) is 5.56 Å². The second-order valence-electron chi connectivity index (χ2n) is 6.35. The third-order valence-corrected chi connectivity index (χ3v) is 4.53. The molecule has 0 saturated heterocycles. The van der Waals surface area contributed by atoms with Crippen molar-refractivity contribution in [3.05, 3.63) is 65.3 Å². The number of aliphatic hydroxyl groups is 1. The smallest absolute Gasteiger partial charge is 0.203 e. The van der Waals surface area contributed by atoms with Crippen molar-refractivity contribution in [2.24, 2.45) is 0 Å². The average molecular weight is 323 g/mol. The molecule has 1 aromatic heterocycles. The fourth-order valence-corrected chi connectivity index (χ4v) is 3.09. The Morgan fingerprint density at radius 3 is 2.25 bits per heavy atom. The highest BCUT2D eigenvalue weighted by molar-refractivity contribution is 5.75. The fraction of sp³-hybridized carbons (Fsp3) is 0.350. The molecule has 0 amide bonds. The number of nitrogens with one attached hydrogen (secondary N) is 1. The number of nitrogens with zero attached hydrogens (tertiary/aromatic N) is 2. The zero-order valence-electron chi connectivity index (χ0n) is 14.4. The molecule has 0 radical (unpaired) electrons. The van der Waals surface area contributed by atoms with Gasteiger partial charge < -0.3 is 14.2 Å². The van der Waals surface area contributed by atoms with Gasteiger partial charge in [-0.05, 0) is 31.0 Å². The molecule has 2 N–H and O–H groups in total. The monoisotopic (exact) mass is 323 g/mol. The summed E-state index contributed by atoms with van der Waals surface area (Å²) in [5.74, 6) is 0. The van der Waals surface area contributed by atoms with Crippen molar-refractivity contribution < 1.29 is 5.11 Å². The van der Waals surface area contributed by atoms with E-state index in [9.17, 15) is 5.11 Å². The van der Waals surface area contributed by atoms with Crippen molar-refractivity contribution in [1.29, 1.82) is 5.41 Å². The van der Waals surface area contributed by atoms with Crippen LogP contribution in [0.25, 0.3) is 11.0 Å². The number of hydrogen-bond donors (Lipinski definition) is 2. The number of unbranched alkanes of at least 4 members (excludes halogenated alkanes) is 1. The van der Waals surface area contributed by atoms with E-state index in [0.29, 0.717) is 12.2 Å². The molecule has 0 saturated carbocycles. The molecule has 0 spiro atoms. The van der Waals surface area contributed by atoms with Crippen molar-refractivity contribution in [2.75, 3.05) is 0 Å². The highest BCUT2D eigenvalue weighted by Crippen LogP contribution is 2.19. The molecule has 1 atom stereocenters. The van der Waals surface area contributed by atoms with Crippen LogP contribution in [0.1, 0.15) is 37.0 Å². The lowest BCUT2D eigenvalue weighted by molar-refractivity contribution is 0.155. The lowest BCUT2D eigenvalue weighted by Gasteiger charge is -2.13. The number of aryl methyl sites for hydroxylation is 2. The number of rotatable bonds is 6. The topological polar surface area (TPSA) is 53.9 Å². The summed E-state index contributed by atoms with van der Waals surface area (Å²) in [6.45, 7) is 5.42. The Morgan fingerprint density at radius 1 is 1.00 bits per heavy atom. The molecule has 2 aromatic carbocycles. The average Bonchev–Trinajstić information content (AvgIpc) is 2.85. The number of benzene rings is 2. The highest BCUT2D eigenvalue weighted by atomic mass is 16.3. The standard InChI is InChI=1S/C20H25N3O/c1-3-4-13-22-17-7-5-6-8-18(17)23(20(22)21)14-19(24)16-11-9-15(2)10-12-16/h5-12,19,21,24H,3-4,13-14H2,1-2H3. The van der Waals surface area contributed by atoms with Crippen LogP contribution in [0.5, 0.6) is 0 Å². The van der Waals surface area contributed by atoms with Gasteiger partial charge >= 0.3 is 0 Å². The molecule has 3 aromatic rings. The van der Waals surface area contributed by atoms with Crippen LogP contribution in [-0.2, 0) is 13.1 Å². The van der Waals surface area contributed by atoms with Gasteiger partial charge in [-0.3, -0.25) is 5.41 Å². The molecule has 1 unspecified atom stereocenters. The van der Waals surface area contributed by atoms with E-state index < -0.39 is 6.10 Å². The molecule has 4 nitrogen and oxygen atoms in total. The molecule has 0 fully saturated rings. The molecule has 0 aliphatic rings. The predicted octanol–water partition coefficient (Wildman–Crippen LogP) is 3.76. The van der Waals surface area contributed by atoms with Gasteiger partial charge in [0.1, 0.15) is 0 Å². The first-order chi connectivity index (χ1) is 11.6. The van der Waals surface area contributed by atoms with Gasteiger partial charge in [-0.1, -0.05) is 55.3 Å². The predicted molar refractivity (Wildman–Crippen MR) is 96.8 cm³/mol. The molecule has 0 aliphatic heterocycles. The lowest BCUT2D eigenvalue weighted by Crippen LogP contribution is -2.26. The Kier molecular flexibility index (Phi) is 4.86. The normalized spacial score (nSPS) is 12.6. The van der Waals surface area contributed by atoms with Gasteiger partial charge in [-0.2, -0.15) is 0 Å². The lowest BCUT2D eigenvalue weighted by atomic mass is 10.1. The summed E-state index contributed by atoms with van der Waals surface area (Å²) in [5.41, 5.74) is 4.58. The summed E-state index contributed by atoms with van der Waals surface area (Å²) in [7, 11) is 0. The number of hydrogen-bond acceptors (Lipinski definition) is 2. The van der Waals surface area contributed by atoms with Gasteiger partial charge in [-0.25, -0.2) is 0 Å². The maximum atomic E-state index is 10.6. The van der Waals surface area contributed by atoms with Crippen molar-refractivity contribution in [3.8, 4) is 0 Å². The van der Waals surface area contributed by atoms with Crippen LogP contribution >= 0.6 is 0 Å². The summed E-state index contributed by atoms with van der Waals surface area (Å²) >= 11 is 0. The van der Waals surface area contributed by atoms with Crippen LogP contribution in [0.2, 0.25) is 0 Å². The summed E-state index contributed by atoms with van der Waals surface area (Å²) in [6.07, 6.45) is 1.52. The van der Waals surface area contributed by atoms with Crippen molar-refractivity contribution in [3.63, 3.8) is 0 Å². The molecule has 0 bridgehead atoms. The van der Waals surface area contributed by atoms with E-state index in [-0.39, 0.29) is 0 Å². The molecule has 0 aliphatic carbocycles. The SMILES string of the molecule is CCCCn1c(=N)n(CC(O)c2ccc(C)cc2)c2ccccc21. The zero-order valence-corrected chi connectivity index (χ0v) is 14.4. The van der Waals surface area contributed by atoms with Crippen LogP contribution in [0.3, 0.4) is 0 Å². The first-order valence-corrected chi connectivity index (χ1v) is 8.59. The van der Waals surface area contributed by atoms with Gasteiger partial charge in [0, 0.05) is 6.54 Å². The Morgan fingerprint density at radius 2 is 1.62 bits per heavy atom. The van der Waals surface area contributed by atoms with E-state index in [1.807, 2.05) is 58.5 Å². The van der Waals surface area contributed by atoms with E-state index in [4.69, 9.17) is 5.41 Å². The first-order valence-electron chi connectivity index (χ1n) is 8.59. The maximum Gasteiger partial charge on any atom is 0.203 e. The largest absolute Gasteiger partial charge is 0.387 e. The Balaban J connectivity index is 1.98. The first kappa shape index (κ1) is 16.5. The summed E-state index contributed by atoms with van der Waals surface area (Å²) < 4.78 is 3.95.